The molecular formula is C20H19N5O2. The highest BCUT2D eigenvalue weighted by molar-refractivity contribution is 5.93. The minimum Gasteiger partial charge on any atom is -0.369 e. The second-order valence-electron chi connectivity index (χ2n) is 6.34. The van der Waals surface area contributed by atoms with Crippen molar-refractivity contribution >= 4 is 11.6 Å². The first kappa shape index (κ1) is 17.0. The fourth-order valence-electron chi connectivity index (χ4n) is 3.24. The predicted molar refractivity (Wildman–Crippen MR) is 103 cm³/mol. The molecule has 0 spiro atoms. The SMILES string of the molecule is O=C(NCCN1CCc2ccccc21)c1cnc(-c2cccnc2)[nH]c1=O. The van der Waals surface area contributed by atoms with E-state index in [2.05, 4.69) is 37.3 Å². The van der Waals surface area contributed by atoms with Gasteiger partial charge in [-0.2, -0.15) is 0 Å². The standard InChI is InChI=1S/C20H19N5O2/c26-19(22-9-11-25-10-7-14-4-1-2-6-17(14)25)16-13-23-18(24-20(16)27)15-5-3-8-21-12-15/h1-6,8,12-13H,7,9-11H2,(H,22,26)(H,23,24,27). The minimum atomic E-state index is -0.465. The average Bonchev–Trinajstić information content (AvgIpc) is 3.12. The smallest absolute Gasteiger partial charge is 0.264 e. The van der Waals surface area contributed by atoms with Gasteiger partial charge in [-0.15, -0.1) is 0 Å². The van der Waals surface area contributed by atoms with Crippen molar-refractivity contribution in [2.24, 2.45) is 0 Å². The summed E-state index contributed by atoms with van der Waals surface area (Å²) in [4.78, 5) is 37.6. The number of para-hydroxylation sites is 1. The number of anilines is 1. The van der Waals surface area contributed by atoms with Crippen molar-refractivity contribution in [3.63, 3.8) is 0 Å². The molecule has 0 saturated heterocycles. The fraction of sp³-hybridized carbons (Fsp3) is 0.200. The van der Waals surface area contributed by atoms with Crippen LogP contribution in [0.4, 0.5) is 5.69 Å². The second kappa shape index (κ2) is 7.41. The van der Waals surface area contributed by atoms with Crippen LogP contribution in [-0.2, 0) is 6.42 Å². The van der Waals surface area contributed by atoms with Crippen LogP contribution in [0.15, 0.2) is 59.8 Å². The fourth-order valence-corrected chi connectivity index (χ4v) is 3.24. The molecule has 136 valence electrons. The van der Waals surface area contributed by atoms with E-state index in [1.165, 1.54) is 17.4 Å². The number of aromatic amines is 1. The van der Waals surface area contributed by atoms with Crippen LogP contribution in [0.25, 0.3) is 11.4 Å². The van der Waals surface area contributed by atoms with Crippen LogP contribution in [0.5, 0.6) is 0 Å². The Hall–Kier alpha value is -3.48. The van der Waals surface area contributed by atoms with E-state index in [1.807, 2.05) is 12.1 Å². The van der Waals surface area contributed by atoms with Crippen molar-refractivity contribution in [1.29, 1.82) is 0 Å². The summed E-state index contributed by atoms with van der Waals surface area (Å²) in [5, 5.41) is 2.80. The van der Waals surface area contributed by atoms with Crippen LogP contribution < -0.4 is 15.8 Å². The molecule has 3 heterocycles. The molecule has 2 N–H and O–H groups in total. The molecule has 0 fully saturated rings. The summed E-state index contributed by atoms with van der Waals surface area (Å²) < 4.78 is 0. The summed E-state index contributed by atoms with van der Waals surface area (Å²) in [6, 6.07) is 11.8. The Balaban J connectivity index is 1.38. The van der Waals surface area contributed by atoms with Crippen LogP contribution in [-0.4, -0.2) is 40.5 Å². The van der Waals surface area contributed by atoms with E-state index in [-0.39, 0.29) is 5.56 Å². The number of benzene rings is 1. The third kappa shape index (κ3) is 3.57. The molecule has 3 aromatic rings. The Kier molecular flexibility index (Phi) is 4.65. The molecule has 0 radical (unpaired) electrons. The maximum atomic E-state index is 12.3. The molecule has 0 saturated carbocycles. The van der Waals surface area contributed by atoms with Gasteiger partial charge in [0.25, 0.3) is 11.5 Å². The lowest BCUT2D eigenvalue weighted by atomic mass is 10.2. The summed E-state index contributed by atoms with van der Waals surface area (Å²) in [6.07, 6.45) is 5.57. The highest BCUT2D eigenvalue weighted by atomic mass is 16.2. The number of carbonyl (C=O) groups is 1. The number of hydrogen-bond acceptors (Lipinski definition) is 5. The zero-order chi connectivity index (χ0) is 18.6. The number of aromatic nitrogens is 3. The molecule has 0 aliphatic carbocycles. The monoisotopic (exact) mass is 361 g/mol. The quantitative estimate of drug-likeness (QED) is 0.721. The van der Waals surface area contributed by atoms with Gasteiger partial charge in [0.05, 0.1) is 0 Å². The van der Waals surface area contributed by atoms with Gasteiger partial charge in [-0.05, 0) is 30.2 Å². The van der Waals surface area contributed by atoms with Gasteiger partial charge < -0.3 is 15.2 Å². The second-order valence-corrected chi connectivity index (χ2v) is 6.34. The van der Waals surface area contributed by atoms with Gasteiger partial charge in [-0.1, -0.05) is 18.2 Å². The lowest BCUT2D eigenvalue weighted by Gasteiger charge is -2.19. The molecule has 1 aliphatic heterocycles. The molecule has 0 bridgehead atoms. The van der Waals surface area contributed by atoms with Gasteiger partial charge in [0.1, 0.15) is 11.4 Å². The number of pyridine rings is 1. The Morgan fingerprint density at radius 2 is 2.07 bits per heavy atom. The van der Waals surface area contributed by atoms with E-state index in [0.29, 0.717) is 24.5 Å². The topological polar surface area (TPSA) is 91.0 Å². The molecule has 0 atom stereocenters. The molecule has 1 amide bonds. The van der Waals surface area contributed by atoms with Crippen molar-refractivity contribution < 1.29 is 4.79 Å². The van der Waals surface area contributed by atoms with E-state index in [9.17, 15) is 9.59 Å². The highest BCUT2D eigenvalue weighted by Crippen LogP contribution is 2.26. The van der Waals surface area contributed by atoms with Crippen LogP contribution in [0, 0.1) is 0 Å². The first-order valence-corrected chi connectivity index (χ1v) is 8.83. The Morgan fingerprint density at radius 3 is 2.89 bits per heavy atom. The van der Waals surface area contributed by atoms with Crippen LogP contribution in [0.1, 0.15) is 15.9 Å². The molecular weight excluding hydrogens is 342 g/mol. The van der Waals surface area contributed by atoms with E-state index in [4.69, 9.17) is 0 Å². The summed E-state index contributed by atoms with van der Waals surface area (Å²) in [5.41, 5.74) is 2.77. The first-order chi connectivity index (χ1) is 13.2. The number of nitrogens with one attached hydrogen (secondary N) is 2. The Bertz CT molecular complexity index is 1020. The van der Waals surface area contributed by atoms with Gasteiger partial charge in [-0.3, -0.25) is 14.6 Å². The van der Waals surface area contributed by atoms with Crippen molar-refractivity contribution in [1.82, 2.24) is 20.3 Å². The summed E-state index contributed by atoms with van der Waals surface area (Å²) >= 11 is 0. The molecule has 1 aliphatic rings. The Labute approximate surface area is 156 Å². The summed E-state index contributed by atoms with van der Waals surface area (Å²) in [7, 11) is 0. The van der Waals surface area contributed by atoms with Gasteiger partial charge in [0, 0.05) is 49.5 Å². The van der Waals surface area contributed by atoms with E-state index in [0.717, 1.165) is 13.0 Å². The van der Waals surface area contributed by atoms with E-state index >= 15 is 0 Å². The van der Waals surface area contributed by atoms with Crippen LogP contribution in [0.3, 0.4) is 0 Å². The Morgan fingerprint density at radius 1 is 1.19 bits per heavy atom. The predicted octanol–water partition coefficient (Wildman–Crippen LogP) is 1.62. The first-order valence-electron chi connectivity index (χ1n) is 8.83. The molecule has 7 heteroatoms. The lowest BCUT2D eigenvalue weighted by Crippen LogP contribution is -2.36. The molecule has 27 heavy (non-hydrogen) atoms. The largest absolute Gasteiger partial charge is 0.369 e. The van der Waals surface area contributed by atoms with Gasteiger partial charge in [0.15, 0.2) is 0 Å². The molecule has 1 aromatic carbocycles. The minimum absolute atomic E-state index is 0.00413. The van der Waals surface area contributed by atoms with Crippen LogP contribution in [0.2, 0.25) is 0 Å². The highest BCUT2D eigenvalue weighted by Gasteiger charge is 2.18. The third-order valence-electron chi connectivity index (χ3n) is 4.63. The molecule has 7 nitrogen and oxygen atoms in total. The van der Waals surface area contributed by atoms with Crippen molar-refractivity contribution in [3.05, 3.63) is 76.5 Å². The number of H-pyrrole nitrogens is 1. The molecule has 0 unspecified atom stereocenters. The number of amides is 1. The zero-order valence-electron chi connectivity index (χ0n) is 14.7. The number of hydrogen-bond donors (Lipinski definition) is 2. The zero-order valence-corrected chi connectivity index (χ0v) is 14.7. The third-order valence-corrected chi connectivity index (χ3v) is 4.63. The van der Waals surface area contributed by atoms with Crippen molar-refractivity contribution in [2.75, 3.05) is 24.5 Å². The van der Waals surface area contributed by atoms with E-state index < -0.39 is 11.5 Å². The summed E-state index contributed by atoms with van der Waals surface area (Å²) in [6.45, 7) is 2.09. The number of fused-ring (bicyclic) bond motifs is 1. The number of carbonyl (C=O) groups excluding carboxylic acids is 1. The molecule has 4 rings (SSSR count). The maximum absolute atomic E-state index is 12.3. The number of nitrogens with zero attached hydrogens (tertiary/aromatic N) is 3. The van der Waals surface area contributed by atoms with Gasteiger partial charge in [-0.25, -0.2) is 4.98 Å². The lowest BCUT2D eigenvalue weighted by molar-refractivity contribution is 0.0953. The summed E-state index contributed by atoms with van der Waals surface area (Å²) in [5.74, 6) is -0.0349. The van der Waals surface area contributed by atoms with Gasteiger partial charge >= 0.3 is 0 Å². The van der Waals surface area contributed by atoms with Gasteiger partial charge in [0.2, 0.25) is 0 Å². The normalized spacial score (nSPS) is 12.7. The average molecular weight is 361 g/mol. The number of rotatable bonds is 5. The molecule has 2 aromatic heterocycles. The van der Waals surface area contributed by atoms with Crippen LogP contribution >= 0.6 is 0 Å². The van der Waals surface area contributed by atoms with Crippen molar-refractivity contribution in [2.45, 2.75) is 6.42 Å². The maximum Gasteiger partial charge on any atom is 0.264 e. The van der Waals surface area contributed by atoms with E-state index in [1.54, 1.807) is 24.5 Å². The van der Waals surface area contributed by atoms with Crippen molar-refractivity contribution in [3.8, 4) is 11.4 Å².